The molecule has 1 rings (SSSR count). The van der Waals surface area contributed by atoms with Crippen LogP contribution >= 0.6 is 0 Å². The third-order valence-electron chi connectivity index (χ3n) is 2.11. The molecule has 0 bridgehead atoms. The molecule has 0 saturated heterocycles. The minimum absolute atomic E-state index is 0.262. The molecular weight excluding hydrogens is 176 g/mol. The van der Waals surface area contributed by atoms with Crippen molar-refractivity contribution in [1.82, 2.24) is 9.78 Å². The van der Waals surface area contributed by atoms with Crippen LogP contribution in [0.25, 0.3) is 6.08 Å². The lowest BCUT2D eigenvalue weighted by atomic mass is 10.0. The van der Waals surface area contributed by atoms with E-state index >= 15 is 0 Å². The summed E-state index contributed by atoms with van der Waals surface area (Å²) < 4.78 is 1.84. The number of aromatic nitrogens is 2. The molecule has 0 fully saturated rings. The number of carbonyl (C=O) groups excluding carboxylic acids is 1. The zero-order chi connectivity index (χ0) is 10.6. The highest BCUT2D eigenvalue weighted by Crippen LogP contribution is 2.11. The standard InChI is InChI=1S/C11H16N2O/c1-4-13-7-10(6-12-13)5-11(8-14)9(2)3/h5-9H,4H2,1-3H3/b11-5-. The zero-order valence-corrected chi connectivity index (χ0v) is 8.90. The second kappa shape index (κ2) is 4.74. The largest absolute Gasteiger partial charge is 0.298 e. The topological polar surface area (TPSA) is 34.9 Å². The van der Waals surface area contributed by atoms with Crippen molar-refractivity contribution in [1.29, 1.82) is 0 Å². The van der Waals surface area contributed by atoms with Crippen molar-refractivity contribution in [3.05, 3.63) is 23.5 Å². The number of allylic oxidation sites excluding steroid dienone is 1. The molecule has 0 unspecified atom stereocenters. The molecule has 0 spiro atoms. The maximum Gasteiger partial charge on any atom is 0.146 e. The van der Waals surface area contributed by atoms with Crippen molar-refractivity contribution >= 4 is 12.4 Å². The second-order valence-corrected chi connectivity index (χ2v) is 3.55. The summed E-state index contributed by atoms with van der Waals surface area (Å²) >= 11 is 0. The Bertz CT molecular complexity index is 337. The molecule has 0 radical (unpaired) electrons. The summed E-state index contributed by atoms with van der Waals surface area (Å²) in [5.41, 5.74) is 1.79. The van der Waals surface area contributed by atoms with Crippen LogP contribution < -0.4 is 0 Å². The molecule has 14 heavy (non-hydrogen) atoms. The monoisotopic (exact) mass is 192 g/mol. The van der Waals surface area contributed by atoms with Gasteiger partial charge in [0.15, 0.2) is 0 Å². The first-order valence-corrected chi connectivity index (χ1v) is 4.86. The van der Waals surface area contributed by atoms with Gasteiger partial charge in [-0.3, -0.25) is 9.48 Å². The highest BCUT2D eigenvalue weighted by atomic mass is 16.1. The summed E-state index contributed by atoms with van der Waals surface area (Å²) in [5, 5.41) is 4.14. The van der Waals surface area contributed by atoms with E-state index in [2.05, 4.69) is 5.10 Å². The predicted octanol–water partition coefficient (Wildman–Crippen LogP) is 2.14. The van der Waals surface area contributed by atoms with Crippen molar-refractivity contribution in [2.24, 2.45) is 5.92 Å². The molecule has 0 aliphatic heterocycles. The van der Waals surface area contributed by atoms with Gasteiger partial charge in [-0.05, 0) is 24.5 Å². The summed E-state index contributed by atoms with van der Waals surface area (Å²) in [6.07, 6.45) is 6.51. The summed E-state index contributed by atoms with van der Waals surface area (Å²) in [5.74, 6) is 0.262. The molecule has 3 heteroatoms. The van der Waals surface area contributed by atoms with Crippen molar-refractivity contribution in [3.63, 3.8) is 0 Å². The zero-order valence-electron chi connectivity index (χ0n) is 8.90. The van der Waals surface area contributed by atoms with Gasteiger partial charge < -0.3 is 0 Å². The summed E-state index contributed by atoms with van der Waals surface area (Å²) in [6.45, 7) is 6.89. The van der Waals surface area contributed by atoms with E-state index in [1.807, 2.05) is 37.7 Å². The Morgan fingerprint density at radius 1 is 1.64 bits per heavy atom. The van der Waals surface area contributed by atoms with Crippen LogP contribution in [0.4, 0.5) is 0 Å². The molecular formula is C11H16N2O. The normalized spacial score (nSPS) is 12.1. The highest BCUT2D eigenvalue weighted by Gasteiger charge is 2.02. The van der Waals surface area contributed by atoms with Crippen molar-refractivity contribution in [2.75, 3.05) is 0 Å². The smallest absolute Gasteiger partial charge is 0.146 e. The molecule has 1 heterocycles. The van der Waals surface area contributed by atoms with Crippen LogP contribution in [0.15, 0.2) is 18.0 Å². The molecule has 0 aliphatic carbocycles. The Morgan fingerprint density at radius 3 is 2.79 bits per heavy atom. The summed E-state index contributed by atoms with van der Waals surface area (Å²) in [4.78, 5) is 10.7. The molecule has 76 valence electrons. The lowest BCUT2D eigenvalue weighted by Crippen LogP contribution is -1.94. The quantitative estimate of drug-likeness (QED) is 0.541. The Labute approximate surface area is 84.4 Å². The van der Waals surface area contributed by atoms with Crippen LogP contribution in [0.3, 0.4) is 0 Å². The average molecular weight is 192 g/mol. The van der Waals surface area contributed by atoms with Gasteiger partial charge in [-0.25, -0.2) is 0 Å². The first-order valence-electron chi connectivity index (χ1n) is 4.86. The summed E-state index contributed by atoms with van der Waals surface area (Å²) in [6, 6.07) is 0. The van der Waals surface area contributed by atoms with Crippen LogP contribution in [0.2, 0.25) is 0 Å². The Kier molecular flexibility index (Phi) is 3.63. The average Bonchev–Trinajstić information content (AvgIpc) is 2.61. The van der Waals surface area contributed by atoms with Gasteiger partial charge in [0.25, 0.3) is 0 Å². The maximum absolute atomic E-state index is 10.7. The number of hydrogen-bond acceptors (Lipinski definition) is 2. The fourth-order valence-electron chi connectivity index (χ4n) is 1.16. The Morgan fingerprint density at radius 2 is 2.36 bits per heavy atom. The van der Waals surface area contributed by atoms with E-state index in [0.717, 1.165) is 24.0 Å². The lowest BCUT2D eigenvalue weighted by Gasteiger charge is -2.01. The van der Waals surface area contributed by atoms with Gasteiger partial charge in [-0.15, -0.1) is 0 Å². The van der Waals surface area contributed by atoms with Gasteiger partial charge >= 0.3 is 0 Å². The van der Waals surface area contributed by atoms with Crippen LogP contribution in [-0.4, -0.2) is 16.1 Å². The molecule has 0 N–H and O–H groups in total. The maximum atomic E-state index is 10.7. The van der Waals surface area contributed by atoms with Crippen LogP contribution in [0, 0.1) is 5.92 Å². The van der Waals surface area contributed by atoms with Gasteiger partial charge in [0, 0.05) is 18.3 Å². The number of nitrogens with zero attached hydrogens (tertiary/aromatic N) is 2. The number of aldehydes is 1. The highest BCUT2D eigenvalue weighted by molar-refractivity contribution is 5.81. The number of aryl methyl sites for hydroxylation is 1. The fourth-order valence-corrected chi connectivity index (χ4v) is 1.16. The first kappa shape index (κ1) is 10.7. The van der Waals surface area contributed by atoms with E-state index in [9.17, 15) is 4.79 Å². The third-order valence-corrected chi connectivity index (χ3v) is 2.11. The SMILES string of the molecule is CCn1cc(/C=C(/C=O)C(C)C)cn1. The lowest BCUT2D eigenvalue weighted by molar-refractivity contribution is -0.105. The number of carbonyl (C=O) groups is 1. The van der Waals surface area contributed by atoms with Gasteiger partial charge in [-0.2, -0.15) is 5.10 Å². The van der Waals surface area contributed by atoms with Gasteiger partial charge in [0.2, 0.25) is 0 Å². The number of hydrogen-bond donors (Lipinski definition) is 0. The first-order chi connectivity index (χ1) is 6.67. The molecule has 0 atom stereocenters. The third kappa shape index (κ3) is 2.55. The minimum Gasteiger partial charge on any atom is -0.298 e. The minimum atomic E-state index is 0.262. The van der Waals surface area contributed by atoms with Crippen LogP contribution in [-0.2, 0) is 11.3 Å². The molecule has 1 aromatic rings. The molecule has 0 saturated carbocycles. The van der Waals surface area contributed by atoms with Gasteiger partial charge in [0.05, 0.1) is 6.20 Å². The van der Waals surface area contributed by atoms with Gasteiger partial charge in [0.1, 0.15) is 6.29 Å². The molecule has 0 amide bonds. The van der Waals surface area contributed by atoms with E-state index < -0.39 is 0 Å². The summed E-state index contributed by atoms with van der Waals surface area (Å²) in [7, 11) is 0. The molecule has 0 aromatic carbocycles. The molecule has 0 aliphatic rings. The van der Waals surface area contributed by atoms with Crippen LogP contribution in [0.5, 0.6) is 0 Å². The molecule has 3 nitrogen and oxygen atoms in total. The van der Waals surface area contributed by atoms with Crippen molar-refractivity contribution in [3.8, 4) is 0 Å². The van der Waals surface area contributed by atoms with E-state index in [4.69, 9.17) is 0 Å². The van der Waals surface area contributed by atoms with E-state index in [1.54, 1.807) is 6.20 Å². The second-order valence-electron chi connectivity index (χ2n) is 3.55. The van der Waals surface area contributed by atoms with Crippen LogP contribution in [0.1, 0.15) is 26.3 Å². The fraction of sp³-hybridized carbons (Fsp3) is 0.455. The number of rotatable bonds is 4. The van der Waals surface area contributed by atoms with E-state index in [0.29, 0.717) is 0 Å². The van der Waals surface area contributed by atoms with Crippen molar-refractivity contribution < 1.29 is 4.79 Å². The Hall–Kier alpha value is -1.38. The van der Waals surface area contributed by atoms with Crippen molar-refractivity contribution in [2.45, 2.75) is 27.3 Å². The van der Waals surface area contributed by atoms with E-state index in [1.165, 1.54) is 0 Å². The van der Waals surface area contributed by atoms with E-state index in [-0.39, 0.29) is 5.92 Å². The Balaban J connectivity index is 2.88. The molecule has 1 aromatic heterocycles. The predicted molar refractivity (Wildman–Crippen MR) is 56.8 cm³/mol. The van der Waals surface area contributed by atoms with Gasteiger partial charge in [-0.1, -0.05) is 13.8 Å².